The van der Waals surface area contributed by atoms with Gasteiger partial charge in [0.05, 0.1) is 0 Å². The minimum Gasteiger partial charge on any atom is -0.0622 e. The van der Waals surface area contributed by atoms with Crippen molar-refractivity contribution in [1.29, 1.82) is 0 Å². The summed E-state index contributed by atoms with van der Waals surface area (Å²) < 4.78 is 52.3. The van der Waals surface area contributed by atoms with Crippen molar-refractivity contribution in [2.75, 3.05) is 13.2 Å². The number of rotatable bonds is 17. The molecule has 4 aromatic carbocycles. The SMILES string of the molecule is C[C@@H]1OC(COCc2ccccc2)[C@@H](O[C@@H]2OC(CO[Si](c3ccccc3)(c3ccccc3)C(C)(C)C)[C@@H](C)[C@H](PBB=O)C2N=[N+]=[N-])[C@H](C)C1OC(=O)c1ccccc1. The molecule has 6 rings (SSSR count). The number of carbonyl (C=O) groups is 1. The molecule has 0 saturated carbocycles. The molecule has 11 atom stereocenters. The van der Waals surface area contributed by atoms with E-state index in [1.807, 2.05) is 62.4 Å². The maximum absolute atomic E-state index is 13.4. The van der Waals surface area contributed by atoms with Gasteiger partial charge in [0.25, 0.3) is 0 Å². The van der Waals surface area contributed by atoms with Crippen molar-refractivity contribution in [3.8, 4) is 0 Å². The van der Waals surface area contributed by atoms with Crippen LogP contribution in [0.3, 0.4) is 0 Å². The normalized spacial score (nSPS) is 27.1. The fourth-order valence-corrected chi connectivity index (χ4v) is 14.7. The smallest absolute Gasteiger partial charge is 0.0622 e. The molecule has 0 N–H and O–H groups in total. The molecule has 60 heavy (non-hydrogen) atoms. The molecule has 0 aromatic heterocycles. The monoisotopic (exact) mass is 847 g/mol. The van der Waals surface area contributed by atoms with Crippen LogP contribution in [-0.4, -0.2) is 89.9 Å². The number of hydrogen-bond donors (Lipinski definition) is 0. The maximum atomic E-state index is 13.4. The van der Waals surface area contributed by atoms with E-state index in [1.54, 1.807) is 24.3 Å². The van der Waals surface area contributed by atoms with Gasteiger partial charge < -0.3 is 0 Å². The Morgan fingerprint density at radius 2 is 1.40 bits per heavy atom. The first-order valence-electron chi connectivity index (χ1n) is 20.8. The number of hydrogen-bond acceptors (Lipinski definition) is 9. The Morgan fingerprint density at radius 1 is 0.817 bits per heavy atom. The summed E-state index contributed by atoms with van der Waals surface area (Å²) in [5.74, 6) is -1.03. The summed E-state index contributed by atoms with van der Waals surface area (Å²) >= 11 is 0. The molecular weight excluding hydrogens is 791 g/mol. The Balaban J connectivity index is 1.33. The Labute approximate surface area is 358 Å². The van der Waals surface area contributed by atoms with E-state index in [0.717, 1.165) is 23.0 Å². The van der Waals surface area contributed by atoms with Crippen molar-refractivity contribution in [3.63, 3.8) is 0 Å². The predicted octanol–water partition coefficient (Wildman–Crippen LogP) is 7.22. The molecule has 2 aliphatic heterocycles. The van der Waals surface area contributed by atoms with Gasteiger partial charge >= 0.3 is 299 Å². The zero-order valence-corrected chi connectivity index (χ0v) is 37.3. The summed E-state index contributed by atoms with van der Waals surface area (Å²) in [4.78, 5) is 16.7. The van der Waals surface area contributed by atoms with E-state index in [4.69, 9.17) is 28.1 Å². The summed E-state index contributed by atoms with van der Waals surface area (Å²) in [6.07, 6.45) is -4.02. The molecule has 0 aliphatic carbocycles. The molecule has 0 bridgehead atoms. The Hall–Kier alpha value is -3.96. The number of nitrogens with zero attached hydrogens (tertiary/aromatic N) is 3. The summed E-state index contributed by atoms with van der Waals surface area (Å²) in [5.41, 5.74) is 11.1. The van der Waals surface area contributed by atoms with Crippen LogP contribution in [-0.2, 0) is 39.4 Å². The van der Waals surface area contributed by atoms with Crippen molar-refractivity contribution in [2.45, 2.75) is 102 Å². The van der Waals surface area contributed by atoms with E-state index in [9.17, 15) is 15.0 Å². The van der Waals surface area contributed by atoms with Crippen LogP contribution in [0, 0.1) is 11.8 Å². The van der Waals surface area contributed by atoms with E-state index in [0.29, 0.717) is 19.1 Å². The van der Waals surface area contributed by atoms with Crippen LogP contribution in [0.4, 0.5) is 0 Å². The van der Waals surface area contributed by atoms with Gasteiger partial charge in [-0.2, -0.15) is 0 Å². The molecule has 4 aromatic rings. The van der Waals surface area contributed by atoms with Crippen LogP contribution in [0.2, 0.25) is 5.04 Å². The minimum absolute atomic E-state index is 0.143. The van der Waals surface area contributed by atoms with Gasteiger partial charge in [-0.15, -0.1) is 0 Å². The van der Waals surface area contributed by atoms with Gasteiger partial charge in [-0.1, -0.05) is 48.5 Å². The van der Waals surface area contributed by atoms with Gasteiger partial charge in [-0.25, -0.2) is 0 Å². The first-order valence-corrected chi connectivity index (χ1v) is 24.0. The Morgan fingerprint density at radius 3 is 1.97 bits per heavy atom. The van der Waals surface area contributed by atoms with Gasteiger partial charge in [0.2, 0.25) is 0 Å². The van der Waals surface area contributed by atoms with Gasteiger partial charge in [-0.3, -0.25) is 0 Å². The number of azide groups is 1. The summed E-state index contributed by atoms with van der Waals surface area (Å²) in [7, 11) is -1.93. The van der Waals surface area contributed by atoms with Gasteiger partial charge in [-0.05, 0) is 12.1 Å². The molecule has 314 valence electrons. The first kappa shape index (κ1) is 45.6. The molecule has 0 spiro atoms. The van der Waals surface area contributed by atoms with E-state index < -0.39 is 63.1 Å². The number of ether oxygens (including phenoxy) is 5. The van der Waals surface area contributed by atoms with E-state index in [2.05, 4.69) is 86.3 Å². The minimum atomic E-state index is -2.97. The topological polar surface area (TPSA) is 138 Å². The van der Waals surface area contributed by atoms with Crippen molar-refractivity contribution in [3.05, 3.63) is 143 Å². The second-order valence-corrected chi connectivity index (χ2v) is 22.5. The molecule has 15 heteroatoms. The standard InChI is InChI=1S/C45H56B2N3O8PSi/c1-30-37(29-54-60(45(4,5)6,35-23-15-9-16-24-35)36-25-17-10-18-26-36)56-44(39(49-50-48)42(30)59-47-46-52)58-41-31(2)40(57-43(51)34-21-13-8-14-22-34)32(3)55-38(41)28-53-27-33-19-11-7-12-20-33/h7-26,30-32,37-42,44,47,59H,27-29H2,1-6H3/t30-,31-,32+,37?,38?,39?,40?,41+,42+,44+/m1/s1. The number of benzene rings is 4. The van der Waals surface area contributed by atoms with E-state index >= 15 is 0 Å². The first-order chi connectivity index (χ1) is 29.0. The third-order valence-corrected chi connectivity index (χ3v) is 18.5. The molecule has 2 heterocycles. The number of esters is 1. The van der Waals surface area contributed by atoms with Crippen molar-refractivity contribution >= 4 is 47.0 Å². The summed E-state index contributed by atoms with van der Waals surface area (Å²) in [6, 6.07) is 38.8. The van der Waals surface area contributed by atoms with Crippen molar-refractivity contribution in [2.24, 2.45) is 17.0 Å². The third kappa shape index (κ3) is 10.5. The summed E-state index contributed by atoms with van der Waals surface area (Å²) in [5, 5.41) is 6.31. The Kier molecular flexibility index (Phi) is 16.1. The van der Waals surface area contributed by atoms with Gasteiger partial charge in [0.1, 0.15) is 0 Å². The number of carbonyl (C=O) groups excluding carboxylic acids is 1. The summed E-state index contributed by atoms with van der Waals surface area (Å²) in [6.45, 7) is 13.7. The predicted molar refractivity (Wildman–Crippen MR) is 240 cm³/mol. The van der Waals surface area contributed by atoms with Crippen LogP contribution >= 0.6 is 8.46 Å². The van der Waals surface area contributed by atoms with Crippen LogP contribution < -0.4 is 10.4 Å². The molecule has 0 radical (unpaired) electrons. The fraction of sp³-hybridized carbons (Fsp3) is 0.444. The van der Waals surface area contributed by atoms with Crippen LogP contribution in [0.5, 0.6) is 0 Å². The van der Waals surface area contributed by atoms with Gasteiger partial charge in [0.15, 0.2) is 0 Å². The van der Waals surface area contributed by atoms with Crippen molar-refractivity contribution in [1.82, 2.24) is 0 Å². The fourth-order valence-electron chi connectivity index (χ4n) is 8.76. The van der Waals surface area contributed by atoms with E-state index in [-0.39, 0.29) is 38.3 Å². The second-order valence-electron chi connectivity index (χ2n) is 16.7. The average Bonchev–Trinajstić information content (AvgIpc) is 3.25. The average molecular weight is 848 g/mol. The molecule has 11 nitrogen and oxygen atoms in total. The van der Waals surface area contributed by atoms with Crippen molar-refractivity contribution < 1.29 is 37.6 Å². The molecule has 2 aliphatic rings. The van der Waals surface area contributed by atoms with Gasteiger partial charge in [0, 0.05) is 0 Å². The zero-order valence-electron chi connectivity index (χ0n) is 35.3. The quantitative estimate of drug-likeness (QED) is 0.0271. The molecule has 2 saturated heterocycles. The molecule has 0 amide bonds. The second kappa shape index (κ2) is 21.2. The molecule has 5 unspecified atom stereocenters. The molecule has 2 fully saturated rings. The Bertz CT molecular complexity index is 1980. The van der Waals surface area contributed by atoms with Crippen LogP contribution in [0.15, 0.2) is 126 Å². The van der Waals surface area contributed by atoms with Crippen LogP contribution in [0.25, 0.3) is 10.4 Å². The zero-order chi connectivity index (χ0) is 42.7. The van der Waals surface area contributed by atoms with Crippen LogP contribution in [0.1, 0.15) is 57.5 Å². The van der Waals surface area contributed by atoms with E-state index in [1.165, 1.54) is 0 Å². The molecular formula is C45H56B2N3O8PSi. The third-order valence-electron chi connectivity index (χ3n) is 11.8.